The first-order valence-electron chi connectivity index (χ1n) is 2.57. The largest absolute Gasteiger partial charge is 0.326 e. The number of rotatable bonds is 0. The Labute approximate surface area is 58.1 Å². The van der Waals surface area contributed by atoms with Crippen LogP contribution in [0, 0.1) is 6.92 Å². The Balaban J connectivity index is 3.47. The third-order valence-electron chi connectivity index (χ3n) is 1.25. The zero-order chi connectivity index (χ0) is 7.02. The van der Waals surface area contributed by atoms with E-state index in [0.29, 0.717) is 5.03 Å². The van der Waals surface area contributed by atoms with Gasteiger partial charge in [-0.3, -0.25) is 4.57 Å². The first-order valence-corrected chi connectivity index (χ1v) is 3.02. The molecule has 1 aromatic rings. The number of nitrogens with one attached hydrogen (secondary N) is 1. The molecule has 0 unspecified atom stereocenters. The number of imidazole rings is 1. The van der Waals surface area contributed by atoms with Crippen molar-refractivity contribution >= 4 is 12.6 Å². The van der Waals surface area contributed by atoms with Gasteiger partial charge in [0.15, 0.2) is 0 Å². The van der Waals surface area contributed by atoms with Gasteiger partial charge in [-0.15, -0.1) is 12.6 Å². The zero-order valence-electron chi connectivity index (χ0n) is 5.30. The van der Waals surface area contributed by atoms with Crippen LogP contribution in [0.2, 0.25) is 0 Å². The Morgan fingerprint density at radius 1 is 1.67 bits per heavy atom. The SMILES string of the molecule is Cc1[nH]c(=O)n(C)c1S. The van der Waals surface area contributed by atoms with E-state index in [1.54, 1.807) is 7.05 Å². The molecule has 1 aromatic heterocycles. The van der Waals surface area contributed by atoms with Crippen molar-refractivity contribution < 1.29 is 0 Å². The van der Waals surface area contributed by atoms with Crippen molar-refractivity contribution in [2.24, 2.45) is 7.05 Å². The second-order valence-corrected chi connectivity index (χ2v) is 2.36. The van der Waals surface area contributed by atoms with Gasteiger partial charge in [-0.1, -0.05) is 0 Å². The van der Waals surface area contributed by atoms with Crippen LogP contribution >= 0.6 is 12.6 Å². The zero-order valence-corrected chi connectivity index (χ0v) is 6.20. The summed E-state index contributed by atoms with van der Waals surface area (Å²) in [5.74, 6) is 0. The molecule has 0 aliphatic rings. The molecule has 0 aromatic carbocycles. The minimum absolute atomic E-state index is 0.113. The fraction of sp³-hybridized carbons (Fsp3) is 0.400. The maximum absolute atomic E-state index is 10.7. The van der Waals surface area contributed by atoms with E-state index in [4.69, 9.17) is 0 Å². The Kier molecular flexibility index (Phi) is 1.40. The fourth-order valence-corrected chi connectivity index (χ4v) is 0.795. The Bertz CT molecular complexity index is 273. The Morgan fingerprint density at radius 3 is 2.33 bits per heavy atom. The van der Waals surface area contributed by atoms with E-state index in [2.05, 4.69) is 17.6 Å². The van der Waals surface area contributed by atoms with Crippen LogP contribution in [-0.4, -0.2) is 9.55 Å². The van der Waals surface area contributed by atoms with Crippen molar-refractivity contribution in [2.75, 3.05) is 0 Å². The number of aromatic nitrogens is 2. The molecule has 0 atom stereocenters. The minimum atomic E-state index is -0.113. The van der Waals surface area contributed by atoms with E-state index in [1.165, 1.54) is 4.57 Å². The second-order valence-electron chi connectivity index (χ2n) is 1.94. The van der Waals surface area contributed by atoms with Crippen molar-refractivity contribution in [3.8, 4) is 0 Å². The van der Waals surface area contributed by atoms with E-state index in [9.17, 15) is 4.79 Å². The highest BCUT2D eigenvalue weighted by Crippen LogP contribution is 2.04. The predicted molar refractivity (Wildman–Crippen MR) is 38.0 cm³/mol. The molecule has 50 valence electrons. The maximum Gasteiger partial charge on any atom is 0.326 e. The van der Waals surface area contributed by atoms with E-state index < -0.39 is 0 Å². The topological polar surface area (TPSA) is 37.8 Å². The number of hydrogen-bond acceptors (Lipinski definition) is 2. The third-order valence-corrected chi connectivity index (χ3v) is 1.89. The molecule has 4 heteroatoms. The van der Waals surface area contributed by atoms with Crippen LogP contribution in [0.5, 0.6) is 0 Å². The van der Waals surface area contributed by atoms with Gasteiger partial charge >= 0.3 is 5.69 Å². The van der Waals surface area contributed by atoms with E-state index >= 15 is 0 Å². The number of aromatic amines is 1. The number of aryl methyl sites for hydroxylation is 1. The van der Waals surface area contributed by atoms with E-state index in [1.807, 2.05) is 6.92 Å². The third kappa shape index (κ3) is 0.896. The van der Waals surface area contributed by atoms with Crippen molar-refractivity contribution in [3.05, 3.63) is 16.2 Å². The van der Waals surface area contributed by atoms with Gasteiger partial charge in [-0.05, 0) is 6.92 Å². The molecular formula is C5H8N2OS. The molecule has 1 heterocycles. The summed E-state index contributed by atoms with van der Waals surface area (Å²) in [6.45, 7) is 1.81. The smallest absolute Gasteiger partial charge is 0.309 e. The first kappa shape index (κ1) is 6.48. The lowest BCUT2D eigenvalue weighted by Gasteiger charge is -1.89. The summed E-state index contributed by atoms with van der Waals surface area (Å²) in [4.78, 5) is 13.3. The number of thiol groups is 1. The van der Waals surface area contributed by atoms with Gasteiger partial charge in [-0.2, -0.15) is 0 Å². The Morgan fingerprint density at radius 2 is 2.22 bits per heavy atom. The molecule has 0 radical (unpaired) electrons. The summed E-state index contributed by atoms with van der Waals surface area (Å²) in [5.41, 5.74) is 0.698. The van der Waals surface area contributed by atoms with Crippen LogP contribution in [0.1, 0.15) is 5.69 Å². The molecule has 0 aliphatic heterocycles. The van der Waals surface area contributed by atoms with Gasteiger partial charge in [0, 0.05) is 12.7 Å². The minimum Gasteiger partial charge on any atom is -0.309 e. The highest BCUT2D eigenvalue weighted by Gasteiger charge is 2.00. The van der Waals surface area contributed by atoms with Crippen molar-refractivity contribution in [3.63, 3.8) is 0 Å². The molecule has 1 N–H and O–H groups in total. The molecule has 0 spiro atoms. The molecule has 1 rings (SSSR count). The normalized spacial score (nSPS) is 10.1. The highest BCUT2D eigenvalue weighted by atomic mass is 32.1. The molecule has 0 aliphatic carbocycles. The lowest BCUT2D eigenvalue weighted by Crippen LogP contribution is -2.12. The summed E-state index contributed by atoms with van der Waals surface area (Å²) >= 11 is 4.06. The number of H-pyrrole nitrogens is 1. The van der Waals surface area contributed by atoms with Crippen LogP contribution in [0.25, 0.3) is 0 Å². The monoisotopic (exact) mass is 144 g/mol. The number of nitrogens with zero attached hydrogens (tertiary/aromatic N) is 1. The highest BCUT2D eigenvalue weighted by molar-refractivity contribution is 7.80. The van der Waals surface area contributed by atoms with Crippen molar-refractivity contribution in [2.45, 2.75) is 11.9 Å². The molecule has 3 nitrogen and oxygen atoms in total. The summed E-state index contributed by atoms with van der Waals surface area (Å²) < 4.78 is 1.46. The Hall–Kier alpha value is -0.640. The van der Waals surface area contributed by atoms with Crippen LogP contribution in [-0.2, 0) is 7.05 Å². The summed E-state index contributed by atoms with van der Waals surface area (Å²) in [7, 11) is 1.67. The van der Waals surface area contributed by atoms with Crippen LogP contribution in [0.3, 0.4) is 0 Å². The second kappa shape index (κ2) is 1.95. The predicted octanol–water partition coefficient (Wildman–Crippen LogP) is 0.311. The molecule has 0 saturated carbocycles. The molecule has 0 bridgehead atoms. The van der Waals surface area contributed by atoms with Gasteiger partial charge in [0.25, 0.3) is 0 Å². The van der Waals surface area contributed by atoms with Crippen LogP contribution in [0.15, 0.2) is 9.82 Å². The standard InChI is InChI=1S/C5H8N2OS/c1-3-4(9)7(2)5(8)6-3/h9H,1-2H3,(H,6,8). The summed E-state index contributed by atoms with van der Waals surface area (Å²) in [5, 5.41) is 0.694. The van der Waals surface area contributed by atoms with Crippen molar-refractivity contribution in [1.29, 1.82) is 0 Å². The quantitative estimate of drug-likeness (QED) is 0.505. The average Bonchev–Trinajstić information content (AvgIpc) is 1.98. The lowest BCUT2D eigenvalue weighted by molar-refractivity contribution is 0.785. The van der Waals surface area contributed by atoms with Gasteiger partial charge in [-0.25, -0.2) is 4.79 Å². The molecule has 0 amide bonds. The van der Waals surface area contributed by atoms with E-state index in [-0.39, 0.29) is 5.69 Å². The summed E-state index contributed by atoms with van der Waals surface area (Å²) in [6, 6.07) is 0. The first-order chi connectivity index (χ1) is 4.13. The maximum atomic E-state index is 10.7. The molecule has 9 heavy (non-hydrogen) atoms. The average molecular weight is 144 g/mol. The molecule has 0 fully saturated rings. The van der Waals surface area contributed by atoms with Crippen molar-refractivity contribution in [1.82, 2.24) is 9.55 Å². The fourth-order valence-electron chi connectivity index (χ4n) is 0.648. The van der Waals surface area contributed by atoms with Gasteiger partial charge in [0.05, 0.1) is 5.03 Å². The van der Waals surface area contributed by atoms with Gasteiger partial charge in [0.2, 0.25) is 0 Å². The van der Waals surface area contributed by atoms with Crippen LogP contribution in [0.4, 0.5) is 0 Å². The van der Waals surface area contributed by atoms with E-state index in [0.717, 1.165) is 5.69 Å². The molecule has 0 saturated heterocycles. The number of hydrogen-bond donors (Lipinski definition) is 2. The van der Waals surface area contributed by atoms with Gasteiger partial charge < -0.3 is 4.98 Å². The summed E-state index contributed by atoms with van der Waals surface area (Å²) in [6.07, 6.45) is 0. The molecular weight excluding hydrogens is 136 g/mol. The lowest BCUT2D eigenvalue weighted by atomic mass is 10.6. The van der Waals surface area contributed by atoms with Gasteiger partial charge in [0.1, 0.15) is 0 Å². The van der Waals surface area contributed by atoms with Crippen LogP contribution < -0.4 is 5.69 Å².